The van der Waals surface area contributed by atoms with E-state index in [-0.39, 0.29) is 11.3 Å². The minimum Gasteiger partial charge on any atom is -0.497 e. The summed E-state index contributed by atoms with van der Waals surface area (Å²) in [5.74, 6) is 1.39. The zero-order valence-corrected chi connectivity index (χ0v) is 10.9. The summed E-state index contributed by atoms with van der Waals surface area (Å²) in [5, 5.41) is 13.5. The molecular weight excluding hydrogens is 260 g/mol. The summed E-state index contributed by atoms with van der Waals surface area (Å²) >= 11 is 0. The lowest BCUT2D eigenvalue weighted by atomic mass is 10.3. The molecule has 20 heavy (non-hydrogen) atoms. The number of hydrogen-bond donors (Lipinski definition) is 2. The molecule has 3 rings (SSSR count). The van der Waals surface area contributed by atoms with Gasteiger partial charge in [0.1, 0.15) is 11.4 Å². The fourth-order valence-electron chi connectivity index (χ4n) is 1.73. The fraction of sp³-hybridized carbons (Fsp3) is 0.167. The molecule has 0 atom stereocenters. The second kappa shape index (κ2) is 4.65. The Morgan fingerprint density at radius 3 is 2.70 bits per heavy atom. The van der Waals surface area contributed by atoms with Crippen LogP contribution < -0.4 is 15.6 Å². The molecule has 3 aromatic rings. The average Bonchev–Trinajstić information content (AvgIpc) is 2.87. The van der Waals surface area contributed by atoms with E-state index in [2.05, 4.69) is 25.6 Å². The lowest BCUT2D eigenvalue weighted by Crippen LogP contribution is -2.19. The molecule has 2 aromatic heterocycles. The van der Waals surface area contributed by atoms with Gasteiger partial charge in [0.15, 0.2) is 0 Å². The van der Waals surface area contributed by atoms with Crippen LogP contribution in [0.2, 0.25) is 0 Å². The largest absolute Gasteiger partial charge is 0.497 e. The Hall–Kier alpha value is -2.90. The summed E-state index contributed by atoms with van der Waals surface area (Å²) in [4.78, 5) is 16.0. The van der Waals surface area contributed by atoms with Gasteiger partial charge < -0.3 is 10.1 Å². The van der Waals surface area contributed by atoms with E-state index in [1.165, 1.54) is 4.52 Å². The molecule has 8 nitrogen and oxygen atoms in total. The molecule has 2 heterocycles. The summed E-state index contributed by atoms with van der Waals surface area (Å²) in [6.07, 6.45) is 0. The molecule has 0 saturated heterocycles. The number of aryl methyl sites for hydroxylation is 1. The number of methoxy groups -OCH3 is 1. The topological polar surface area (TPSA) is 97.2 Å². The molecule has 0 radical (unpaired) electrons. The van der Waals surface area contributed by atoms with E-state index in [0.717, 1.165) is 11.4 Å². The summed E-state index contributed by atoms with van der Waals surface area (Å²) < 4.78 is 6.33. The Balaban J connectivity index is 1.94. The van der Waals surface area contributed by atoms with Crippen LogP contribution in [0.15, 0.2) is 29.1 Å². The molecule has 0 amide bonds. The van der Waals surface area contributed by atoms with Crippen molar-refractivity contribution in [2.24, 2.45) is 0 Å². The average molecular weight is 272 g/mol. The predicted octanol–water partition coefficient (Wildman–Crippen LogP) is 0.873. The molecule has 2 N–H and O–H groups in total. The molecule has 0 spiro atoms. The van der Waals surface area contributed by atoms with Crippen molar-refractivity contribution in [1.29, 1.82) is 0 Å². The molecule has 8 heteroatoms. The number of hydrogen-bond acceptors (Lipinski definition) is 6. The maximum absolute atomic E-state index is 11.8. The number of rotatable bonds is 3. The minimum absolute atomic E-state index is 0.219. The first-order chi connectivity index (χ1) is 9.67. The molecule has 102 valence electrons. The number of H-pyrrole nitrogens is 1. The number of ether oxygens (including phenoxy) is 1. The first kappa shape index (κ1) is 12.2. The van der Waals surface area contributed by atoms with E-state index in [0.29, 0.717) is 11.6 Å². The third-order valence-corrected chi connectivity index (χ3v) is 2.78. The van der Waals surface area contributed by atoms with Crippen molar-refractivity contribution in [1.82, 2.24) is 24.8 Å². The number of fused-ring (bicyclic) bond motifs is 1. The lowest BCUT2D eigenvalue weighted by Gasteiger charge is -2.03. The van der Waals surface area contributed by atoms with Crippen LogP contribution in [0.25, 0.3) is 5.78 Å². The van der Waals surface area contributed by atoms with Gasteiger partial charge in [-0.1, -0.05) is 0 Å². The number of aromatic nitrogens is 5. The Bertz CT molecular complexity index is 805. The number of aromatic amines is 1. The molecule has 0 saturated carbocycles. The van der Waals surface area contributed by atoms with Crippen molar-refractivity contribution >= 4 is 17.4 Å². The van der Waals surface area contributed by atoms with Gasteiger partial charge in [-0.05, 0) is 31.2 Å². The van der Waals surface area contributed by atoms with Gasteiger partial charge in [0, 0.05) is 5.69 Å². The van der Waals surface area contributed by atoms with Gasteiger partial charge in [0.05, 0.1) is 7.11 Å². The summed E-state index contributed by atoms with van der Waals surface area (Å²) in [6, 6.07) is 7.32. The predicted molar refractivity (Wildman–Crippen MR) is 72.4 cm³/mol. The van der Waals surface area contributed by atoms with Gasteiger partial charge in [-0.25, -0.2) is 0 Å². The first-order valence-electron chi connectivity index (χ1n) is 5.90. The van der Waals surface area contributed by atoms with Crippen LogP contribution in [-0.4, -0.2) is 31.9 Å². The van der Waals surface area contributed by atoms with Crippen molar-refractivity contribution in [2.75, 3.05) is 12.4 Å². The van der Waals surface area contributed by atoms with E-state index in [4.69, 9.17) is 4.74 Å². The Labute approximate surface area is 113 Å². The van der Waals surface area contributed by atoms with Crippen LogP contribution in [0.3, 0.4) is 0 Å². The lowest BCUT2D eigenvalue weighted by molar-refractivity contribution is 0.415. The normalized spacial score (nSPS) is 10.7. The highest BCUT2D eigenvalue weighted by Gasteiger charge is 2.08. The number of nitrogens with zero attached hydrogens (tertiary/aromatic N) is 4. The van der Waals surface area contributed by atoms with Gasteiger partial charge in [-0.15, -0.1) is 10.2 Å². The van der Waals surface area contributed by atoms with Crippen LogP contribution >= 0.6 is 0 Å². The maximum atomic E-state index is 11.8. The Morgan fingerprint density at radius 1 is 1.25 bits per heavy atom. The second-order valence-electron chi connectivity index (χ2n) is 4.15. The molecule has 0 aliphatic rings. The van der Waals surface area contributed by atoms with E-state index in [1.807, 2.05) is 24.3 Å². The smallest absolute Gasteiger partial charge is 0.295 e. The maximum Gasteiger partial charge on any atom is 0.295 e. The van der Waals surface area contributed by atoms with Gasteiger partial charge >= 0.3 is 0 Å². The Kier molecular flexibility index (Phi) is 2.82. The van der Waals surface area contributed by atoms with E-state index < -0.39 is 0 Å². The minimum atomic E-state index is -0.273. The number of nitrogens with one attached hydrogen (secondary N) is 2. The first-order valence-corrected chi connectivity index (χ1v) is 5.90. The van der Waals surface area contributed by atoms with Crippen molar-refractivity contribution in [2.45, 2.75) is 6.92 Å². The molecule has 0 aliphatic carbocycles. The van der Waals surface area contributed by atoms with Crippen molar-refractivity contribution in [3.05, 3.63) is 40.3 Å². The zero-order valence-electron chi connectivity index (χ0n) is 10.9. The standard InChI is InChI=1S/C12H12N6O2/c1-7-10(19)18-12(16-15-7)14-11(17-18)13-8-3-5-9(20-2)6-4-8/h3-6H,1-2H3,(H2,13,14,16,17). The van der Waals surface area contributed by atoms with Crippen LogP contribution in [0.4, 0.5) is 11.6 Å². The van der Waals surface area contributed by atoms with Crippen molar-refractivity contribution in [3.8, 4) is 5.75 Å². The van der Waals surface area contributed by atoms with Crippen LogP contribution in [0.1, 0.15) is 5.69 Å². The summed E-state index contributed by atoms with van der Waals surface area (Å²) in [7, 11) is 1.61. The molecular formula is C12H12N6O2. The third kappa shape index (κ3) is 2.07. The zero-order chi connectivity index (χ0) is 14.1. The molecule has 0 bridgehead atoms. The van der Waals surface area contributed by atoms with E-state index in [1.54, 1.807) is 14.0 Å². The van der Waals surface area contributed by atoms with Gasteiger partial charge in [0.25, 0.3) is 11.3 Å². The Morgan fingerprint density at radius 2 is 2.00 bits per heavy atom. The van der Waals surface area contributed by atoms with E-state index in [9.17, 15) is 4.79 Å². The molecule has 0 unspecified atom stereocenters. The summed E-state index contributed by atoms with van der Waals surface area (Å²) in [5.41, 5.74) is 0.843. The third-order valence-electron chi connectivity index (χ3n) is 2.78. The highest BCUT2D eigenvalue weighted by Crippen LogP contribution is 2.17. The van der Waals surface area contributed by atoms with Gasteiger partial charge in [0.2, 0.25) is 5.95 Å². The van der Waals surface area contributed by atoms with E-state index >= 15 is 0 Å². The number of anilines is 2. The second-order valence-corrected chi connectivity index (χ2v) is 4.15. The highest BCUT2D eigenvalue weighted by atomic mass is 16.5. The summed E-state index contributed by atoms with van der Waals surface area (Å²) in [6.45, 7) is 1.60. The van der Waals surface area contributed by atoms with Crippen LogP contribution in [-0.2, 0) is 0 Å². The van der Waals surface area contributed by atoms with Crippen molar-refractivity contribution in [3.63, 3.8) is 0 Å². The van der Waals surface area contributed by atoms with Gasteiger partial charge in [-0.2, -0.15) is 9.50 Å². The van der Waals surface area contributed by atoms with Crippen LogP contribution in [0, 0.1) is 6.92 Å². The molecule has 1 aromatic carbocycles. The SMILES string of the molecule is COc1ccc(Nc2nc3nnc(C)c(=O)n3[nH]2)cc1. The molecule has 0 fully saturated rings. The highest BCUT2D eigenvalue weighted by molar-refractivity contribution is 5.55. The molecule has 0 aliphatic heterocycles. The quantitative estimate of drug-likeness (QED) is 0.734. The van der Waals surface area contributed by atoms with Crippen molar-refractivity contribution < 1.29 is 4.74 Å². The fourth-order valence-corrected chi connectivity index (χ4v) is 1.73. The van der Waals surface area contributed by atoms with Gasteiger partial charge in [-0.3, -0.25) is 9.89 Å². The monoisotopic (exact) mass is 272 g/mol. The van der Waals surface area contributed by atoms with Crippen LogP contribution in [0.5, 0.6) is 5.75 Å². The number of benzene rings is 1.